The van der Waals surface area contributed by atoms with Crippen molar-refractivity contribution in [1.29, 1.82) is 0 Å². The minimum Gasteiger partial charge on any atom is -0.452 e. The first-order chi connectivity index (χ1) is 13.0. The first-order valence-electron chi connectivity index (χ1n) is 9.38. The summed E-state index contributed by atoms with van der Waals surface area (Å²) in [4.78, 5) is 50.1. The minimum absolute atomic E-state index is 0.0104. The largest absolute Gasteiger partial charge is 0.452 e. The van der Waals surface area contributed by atoms with Crippen LogP contribution in [0.4, 0.5) is 5.69 Å². The Hall–Kier alpha value is -2.70. The van der Waals surface area contributed by atoms with Crippen LogP contribution in [0.1, 0.15) is 39.0 Å². The van der Waals surface area contributed by atoms with E-state index in [1.807, 2.05) is 6.07 Å². The van der Waals surface area contributed by atoms with Crippen molar-refractivity contribution < 1.29 is 23.9 Å². The van der Waals surface area contributed by atoms with Crippen LogP contribution >= 0.6 is 0 Å². The van der Waals surface area contributed by atoms with Crippen molar-refractivity contribution in [3.05, 3.63) is 30.3 Å². The number of hydrogen-bond acceptors (Lipinski definition) is 5. The van der Waals surface area contributed by atoms with Gasteiger partial charge in [0.05, 0.1) is 18.3 Å². The third-order valence-corrected chi connectivity index (χ3v) is 5.19. The summed E-state index contributed by atoms with van der Waals surface area (Å²) in [7, 11) is 0. The molecule has 7 nitrogen and oxygen atoms in total. The molecule has 3 amide bonds. The van der Waals surface area contributed by atoms with Gasteiger partial charge in [-0.2, -0.15) is 0 Å². The summed E-state index contributed by atoms with van der Waals surface area (Å²) in [5.74, 6) is -1.84. The highest BCUT2D eigenvalue weighted by Gasteiger charge is 2.47. The van der Waals surface area contributed by atoms with E-state index in [0.29, 0.717) is 5.69 Å². The Morgan fingerprint density at radius 3 is 2.30 bits per heavy atom. The Morgan fingerprint density at radius 2 is 1.70 bits per heavy atom. The summed E-state index contributed by atoms with van der Waals surface area (Å²) in [5, 5.41) is 2.66. The van der Waals surface area contributed by atoms with Crippen LogP contribution in [0, 0.1) is 11.8 Å². The normalized spacial score (nSPS) is 22.9. The van der Waals surface area contributed by atoms with Gasteiger partial charge in [-0.15, -0.1) is 0 Å². The fourth-order valence-electron chi connectivity index (χ4n) is 3.73. The number of esters is 1. The third kappa shape index (κ3) is 4.35. The molecule has 144 valence electrons. The van der Waals surface area contributed by atoms with Crippen LogP contribution in [0.15, 0.2) is 30.3 Å². The minimum atomic E-state index is -0.967. The van der Waals surface area contributed by atoms with E-state index in [2.05, 4.69) is 5.32 Å². The standard InChI is InChI=1S/C20H24N2O5/c1-13(18(24)21-14-7-3-2-4-8-14)27-17(23)11-12-22-19(25)15-9-5-6-10-16(15)20(22)26/h2-4,7-8,13,15-16H,5-6,9-12H2,1H3,(H,21,24)/t13-,15-,16+/m1/s1. The molecule has 0 spiro atoms. The van der Waals surface area contributed by atoms with Crippen LogP contribution in [-0.4, -0.2) is 41.2 Å². The highest BCUT2D eigenvalue weighted by atomic mass is 16.5. The number of imide groups is 1. The highest BCUT2D eigenvalue weighted by molar-refractivity contribution is 6.05. The van der Waals surface area contributed by atoms with Crippen LogP contribution in [0.25, 0.3) is 0 Å². The molecule has 3 atom stereocenters. The van der Waals surface area contributed by atoms with Crippen molar-refractivity contribution in [2.45, 2.75) is 45.1 Å². The molecular weight excluding hydrogens is 348 g/mol. The maximum Gasteiger partial charge on any atom is 0.308 e. The topological polar surface area (TPSA) is 92.8 Å². The smallest absolute Gasteiger partial charge is 0.308 e. The van der Waals surface area contributed by atoms with Crippen LogP contribution < -0.4 is 5.32 Å². The molecule has 7 heteroatoms. The number of carbonyl (C=O) groups is 4. The number of benzene rings is 1. The number of rotatable bonds is 6. The van der Waals surface area contributed by atoms with Gasteiger partial charge in [0.15, 0.2) is 6.10 Å². The number of anilines is 1. The molecule has 0 unspecified atom stereocenters. The zero-order chi connectivity index (χ0) is 19.4. The van der Waals surface area contributed by atoms with Crippen LogP contribution in [0.5, 0.6) is 0 Å². The highest BCUT2D eigenvalue weighted by Crippen LogP contribution is 2.37. The predicted molar refractivity (Wildman–Crippen MR) is 97.4 cm³/mol. The molecule has 1 aliphatic heterocycles. The summed E-state index contributed by atoms with van der Waals surface area (Å²) in [6.07, 6.45) is 2.33. The van der Waals surface area contributed by atoms with E-state index in [9.17, 15) is 19.2 Å². The lowest BCUT2D eigenvalue weighted by atomic mass is 9.81. The lowest BCUT2D eigenvalue weighted by Gasteiger charge is -2.19. The van der Waals surface area contributed by atoms with Gasteiger partial charge in [0, 0.05) is 12.2 Å². The first-order valence-corrected chi connectivity index (χ1v) is 9.38. The zero-order valence-electron chi connectivity index (χ0n) is 15.3. The van der Waals surface area contributed by atoms with Gasteiger partial charge >= 0.3 is 5.97 Å². The van der Waals surface area contributed by atoms with E-state index < -0.39 is 18.0 Å². The van der Waals surface area contributed by atoms with Crippen LogP contribution in [0.2, 0.25) is 0 Å². The molecule has 0 aromatic heterocycles. The van der Waals surface area contributed by atoms with E-state index >= 15 is 0 Å². The predicted octanol–water partition coefficient (Wildman–Crippen LogP) is 2.12. The van der Waals surface area contributed by atoms with E-state index in [-0.39, 0.29) is 36.6 Å². The molecule has 1 saturated carbocycles. The number of hydrogen-bond donors (Lipinski definition) is 1. The molecule has 2 aliphatic rings. The molecule has 1 saturated heterocycles. The van der Waals surface area contributed by atoms with E-state index in [1.54, 1.807) is 24.3 Å². The van der Waals surface area contributed by atoms with Crippen molar-refractivity contribution in [2.75, 3.05) is 11.9 Å². The molecule has 27 heavy (non-hydrogen) atoms. The zero-order valence-corrected chi connectivity index (χ0v) is 15.3. The van der Waals surface area contributed by atoms with Crippen molar-refractivity contribution in [2.24, 2.45) is 11.8 Å². The Labute approximate surface area is 158 Å². The van der Waals surface area contributed by atoms with E-state index in [1.165, 1.54) is 11.8 Å². The summed E-state index contributed by atoms with van der Waals surface area (Å²) in [5.41, 5.74) is 0.612. The maximum atomic E-state index is 12.4. The summed E-state index contributed by atoms with van der Waals surface area (Å²) >= 11 is 0. The van der Waals surface area contributed by atoms with E-state index in [0.717, 1.165) is 25.7 Å². The number of nitrogens with one attached hydrogen (secondary N) is 1. The molecule has 0 radical (unpaired) electrons. The van der Waals surface area contributed by atoms with Gasteiger partial charge in [0.25, 0.3) is 5.91 Å². The monoisotopic (exact) mass is 372 g/mol. The van der Waals surface area contributed by atoms with Gasteiger partial charge in [-0.3, -0.25) is 24.1 Å². The number of likely N-dealkylation sites (tertiary alicyclic amines) is 1. The quantitative estimate of drug-likeness (QED) is 0.610. The molecule has 1 aromatic carbocycles. The third-order valence-electron chi connectivity index (χ3n) is 5.19. The average Bonchev–Trinajstić information content (AvgIpc) is 2.91. The molecule has 1 aliphatic carbocycles. The fraction of sp³-hybridized carbons (Fsp3) is 0.500. The van der Waals surface area contributed by atoms with Gasteiger partial charge in [-0.05, 0) is 31.9 Å². The number of carbonyl (C=O) groups excluding carboxylic acids is 4. The maximum absolute atomic E-state index is 12.4. The van der Waals surface area contributed by atoms with Crippen molar-refractivity contribution >= 4 is 29.4 Å². The summed E-state index contributed by atoms with van der Waals surface area (Å²) in [6.45, 7) is 1.49. The molecule has 1 N–H and O–H groups in total. The molecule has 2 fully saturated rings. The number of ether oxygens (including phenoxy) is 1. The second-order valence-corrected chi connectivity index (χ2v) is 7.06. The Bertz CT molecular complexity index is 709. The Balaban J connectivity index is 1.47. The lowest BCUT2D eigenvalue weighted by Crippen LogP contribution is -2.35. The van der Waals surface area contributed by atoms with Crippen molar-refractivity contribution in [3.8, 4) is 0 Å². The number of fused-ring (bicyclic) bond motifs is 1. The lowest BCUT2D eigenvalue weighted by molar-refractivity contribution is -0.154. The van der Waals surface area contributed by atoms with Gasteiger partial charge in [0.2, 0.25) is 11.8 Å². The van der Waals surface area contributed by atoms with Gasteiger partial charge in [0.1, 0.15) is 0 Å². The first kappa shape index (κ1) is 19.1. The molecular formula is C20H24N2O5. The van der Waals surface area contributed by atoms with Gasteiger partial charge in [-0.25, -0.2) is 0 Å². The second kappa shape index (κ2) is 8.33. The summed E-state index contributed by atoms with van der Waals surface area (Å²) < 4.78 is 5.13. The molecule has 3 rings (SSSR count). The average molecular weight is 372 g/mol. The number of nitrogens with zero attached hydrogens (tertiary/aromatic N) is 1. The second-order valence-electron chi connectivity index (χ2n) is 7.06. The molecule has 0 bridgehead atoms. The SMILES string of the molecule is C[C@@H](OC(=O)CCN1C(=O)[C@H]2CCCC[C@H]2C1=O)C(=O)Nc1ccccc1. The van der Waals surface area contributed by atoms with Gasteiger partial charge < -0.3 is 10.1 Å². The van der Waals surface area contributed by atoms with Gasteiger partial charge in [-0.1, -0.05) is 31.0 Å². The molecule has 1 heterocycles. The Kier molecular flexibility index (Phi) is 5.88. The molecule has 1 aromatic rings. The fourth-order valence-corrected chi connectivity index (χ4v) is 3.73. The summed E-state index contributed by atoms with van der Waals surface area (Å²) in [6, 6.07) is 8.87. The van der Waals surface area contributed by atoms with Crippen molar-refractivity contribution in [1.82, 2.24) is 4.90 Å². The number of para-hydroxylation sites is 1. The van der Waals surface area contributed by atoms with E-state index in [4.69, 9.17) is 4.74 Å². The Morgan fingerprint density at radius 1 is 1.11 bits per heavy atom. The van der Waals surface area contributed by atoms with Crippen LogP contribution in [-0.2, 0) is 23.9 Å². The van der Waals surface area contributed by atoms with Crippen molar-refractivity contribution in [3.63, 3.8) is 0 Å². The number of amides is 3. The van der Waals surface area contributed by atoms with Crippen LogP contribution in [0.3, 0.4) is 0 Å².